The van der Waals surface area contributed by atoms with Crippen molar-refractivity contribution in [2.24, 2.45) is 5.92 Å². The average Bonchev–Trinajstić information content (AvgIpc) is 2.59. The second-order valence-electron chi connectivity index (χ2n) is 4.26. The highest BCUT2D eigenvalue weighted by Crippen LogP contribution is 2.20. The predicted octanol–water partition coefficient (Wildman–Crippen LogP) is 2.21. The summed E-state index contributed by atoms with van der Waals surface area (Å²) >= 11 is 1.59. The molecule has 0 amide bonds. The molecule has 1 rings (SSSR count). The Morgan fingerprint density at radius 3 is 2.50 bits per heavy atom. The second-order valence-corrected chi connectivity index (χ2v) is 5.52. The molecule has 0 saturated heterocycles. The largest absolute Gasteiger partial charge is 0.480 e. The van der Waals surface area contributed by atoms with Gasteiger partial charge in [-0.25, -0.2) is 4.98 Å². The number of carboxylic acid groups (broad SMARTS) is 1. The molecule has 2 atom stereocenters. The van der Waals surface area contributed by atoms with Crippen LogP contribution >= 0.6 is 11.3 Å². The molecule has 90 valence electrons. The first-order valence-electron chi connectivity index (χ1n) is 5.33. The van der Waals surface area contributed by atoms with Crippen LogP contribution in [-0.4, -0.2) is 22.1 Å². The van der Waals surface area contributed by atoms with Crippen molar-refractivity contribution in [3.8, 4) is 0 Å². The minimum Gasteiger partial charge on any atom is -0.480 e. The Hall–Kier alpha value is -0.940. The van der Waals surface area contributed by atoms with Gasteiger partial charge in [-0.2, -0.15) is 0 Å². The number of rotatable bonds is 5. The monoisotopic (exact) mass is 242 g/mol. The molecular weight excluding hydrogens is 224 g/mol. The van der Waals surface area contributed by atoms with Crippen LogP contribution in [0.15, 0.2) is 6.20 Å². The molecule has 0 radical (unpaired) electrons. The number of thiazole rings is 1. The smallest absolute Gasteiger partial charge is 0.320 e. The van der Waals surface area contributed by atoms with Crippen molar-refractivity contribution < 1.29 is 9.90 Å². The number of aryl methyl sites for hydroxylation is 1. The maximum Gasteiger partial charge on any atom is 0.320 e. The molecule has 0 aliphatic carbocycles. The number of aliphatic carboxylic acids is 1. The molecule has 0 aliphatic rings. The summed E-state index contributed by atoms with van der Waals surface area (Å²) in [6.07, 6.45) is 1.81. The van der Waals surface area contributed by atoms with Crippen LogP contribution in [-0.2, 0) is 4.79 Å². The van der Waals surface area contributed by atoms with Crippen molar-refractivity contribution in [3.63, 3.8) is 0 Å². The topological polar surface area (TPSA) is 62.2 Å². The molecule has 16 heavy (non-hydrogen) atoms. The molecule has 2 N–H and O–H groups in total. The maximum atomic E-state index is 11.0. The van der Waals surface area contributed by atoms with Crippen LogP contribution in [0.3, 0.4) is 0 Å². The Morgan fingerprint density at radius 1 is 1.50 bits per heavy atom. The number of carbonyl (C=O) groups is 1. The number of carboxylic acids is 1. The van der Waals surface area contributed by atoms with E-state index in [2.05, 4.69) is 10.3 Å². The van der Waals surface area contributed by atoms with Crippen LogP contribution in [0.1, 0.15) is 36.7 Å². The standard InChI is InChI=1S/C11H18N2O2S/c1-6(2)9(11(14)15)13-8(4)10-12-5-7(3)16-10/h5-6,8-9,13H,1-4H3,(H,14,15). The third kappa shape index (κ3) is 3.28. The van der Waals surface area contributed by atoms with E-state index in [1.807, 2.05) is 33.9 Å². The highest BCUT2D eigenvalue weighted by Gasteiger charge is 2.24. The molecule has 5 heteroatoms. The Bertz CT molecular complexity index is 363. The number of aromatic nitrogens is 1. The fourth-order valence-corrected chi connectivity index (χ4v) is 2.25. The van der Waals surface area contributed by atoms with Gasteiger partial charge in [-0.15, -0.1) is 11.3 Å². The zero-order valence-corrected chi connectivity index (χ0v) is 10.8. The molecule has 1 aromatic rings. The molecule has 1 aromatic heterocycles. The summed E-state index contributed by atoms with van der Waals surface area (Å²) in [5.74, 6) is -0.754. The van der Waals surface area contributed by atoms with Gasteiger partial charge in [0, 0.05) is 11.1 Å². The average molecular weight is 242 g/mol. The lowest BCUT2D eigenvalue weighted by Gasteiger charge is -2.21. The summed E-state index contributed by atoms with van der Waals surface area (Å²) in [6, 6.07) is -0.554. The van der Waals surface area contributed by atoms with E-state index in [1.54, 1.807) is 11.3 Å². The molecule has 4 nitrogen and oxygen atoms in total. The molecule has 0 saturated carbocycles. The van der Waals surface area contributed by atoms with Gasteiger partial charge < -0.3 is 5.11 Å². The molecule has 0 aliphatic heterocycles. The van der Waals surface area contributed by atoms with Crippen LogP contribution < -0.4 is 5.32 Å². The van der Waals surface area contributed by atoms with Crippen LogP contribution in [0, 0.1) is 12.8 Å². The van der Waals surface area contributed by atoms with Crippen molar-refractivity contribution in [2.75, 3.05) is 0 Å². The van der Waals surface area contributed by atoms with Crippen molar-refractivity contribution >= 4 is 17.3 Å². The Morgan fingerprint density at radius 2 is 2.12 bits per heavy atom. The van der Waals surface area contributed by atoms with Gasteiger partial charge in [0.15, 0.2) is 0 Å². The number of nitrogens with one attached hydrogen (secondary N) is 1. The van der Waals surface area contributed by atoms with Crippen LogP contribution in [0.5, 0.6) is 0 Å². The third-order valence-corrected chi connectivity index (χ3v) is 3.47. The molecule has 0 bridgehead atoms. The molecule has 0 aromatic carbocycles. The quantitative estimate of drug-likeness (QED) is 0.831. The number of hydrogen-bond acceptors (Lipinski definition) is 4. The van der Waals surface area contributed by atoms with Gasteiger partial charge >= 0.3 is 5.97 Å². The summed E-state index contributed by atoms with van der Waals surface area (Å²) in [6.45, 7) is 7.72. The Labute approximate surface area is 99.7 Å². The minimum atomic E-state index is -0.810. The summed E-state index contributed by atoms with van der Waals surface area (Å²) in [5.41, 5.74) is 0. The van der Waals surface area contributed by atoms with Crippen molar-refractivity contribution in [1.29, 1.82) is 0 Å². The Balaban J connectivity index is 2.68. The SMILES string of the molecule is Cc1cnc(C(C)NC(C(=O)O)C(C)C)s1. The molecule has 2 unspecified atom stereocenters. The van der Waals surface area contributed by atoms with E-state index in [4.69, 9.17) is 5.11 Å². The van der Waals surface area contributed by atoms with E-state index in [0.29, 0.717) is 0 Å². The zero-order chi connectivity index (χ0) is 12.3. The number of hydrogen-bond donors (Lipinski definition) is 2. The van der Waals surface area contributed by atoms with Crippen LogP contribution in [0.25, 0.3) is 0 Å². The van der Waals surface area contributed by atoms with E-state index in [0.717, 1.165) is 9.88 Å². The summed E-state index contributed by atoms with van der Waals surface area (Å²) in [7, 11) is 0. The van der Waals surface area contributed by atoms with Gasteiger partial charge in [-0.1, -0.05) is 13.8 Å². The molecule has 0 fully saturated rings. The van der Waals surface area contributed by atoms with Gasteiger partial charge in [-0.05, 0) is 19.8 Å². The fourth-order valence-electron chi connectivity index (χ4n) is 1.46. The normalized spacial score (nSPS) is 15.1. The summed E-state index contributed by atoms with van der Waals surface area (Å²) in [5, 5.41) is 13.1. The van der Waals surface area contributed by atoms with E-state index >= 15 is 0 Å². The third-order valence-electron chi connectivity index (χ3n) is 2.37. The van der Waals surface area contributed by atoms with Crippen LogP contribution in [0.2, 0.25) is 0 Å². The lowest BCUT2D eigenvalue weighted by Crippen LogP contribution is -2.42. The van der Waals surface area contributed by atoms with Gasteiger partial charge in [0.2, 0.25) is 0 Å². The zero-order valence-electron chi connectivity index (χ0n) is 10.0. The van der Waals surface area contributed by atoms with E-state index in [9.17, 15) is 4.79 Å². The van der Waals surface area contributed by atoms with Gasteiger partial charge in [-0.3, -0.25) is 10.1 Å². The van der Waals surface area contributed by atoms with E-state index in [-0.39, 0.29) is 12.0 Å². The predicted molar refractivity (Wildman–Crippen MR) is 64.7 cm³/mol. The highest BCUT2D eigenvalue weighted by atomic mass is 32.1. The second kappa shape index (κ2) is 5.41. The van der Waals surface area contributed by atoms with Gasteiger partial charge in [0.1, 0.15) is 11.0 Å². The van der Waals surface area contributed by atoms with Crippen molar-refractivity contribution in [1.82, 2.24) is 10.3 Å². The lowest BCUT2D eigenvalue weighted by molar-refractivity contribution is -0.140. The first-order valence-corrected chi connectivity index (χ1v) is 6.14. The first-order chi connectivity index (χ1) is 7.41. The van der Waals surface area contributed by atoms with E-state index < -0.39 is 12.0 Å². The number of nitrogens with zero attached hydrogens (tertiary/aromatic N) is 1. The molecule has 1 heterocycles. The lowest BCUT2D eigenvalue weighted by atomic mass is 10.0. The Kier molecular flexibility index (Phi) is 4.44. The van der Waals surface area contributed by atoms with Gasteiger partial charge in [0.05, 0.1) is 6.04 Å². The minimum absolute atomic E-state index is 0.0257. The summed E-state index contributed by atoms with van der Waals surface area (Å²) < 4.78 is 0. The van der Waals surface area contributed by atoms with Crippen LogP contribution in [0.4, 0.5) is 0 Å². The molecule has 0 spiro atoms. The summed E-state index contributed by atoms with van der Waals surface area (Å²) in [4.78, 5) is 16.4. The fraction of sp³-hybridized carbons (Fsp3) is 0.636. The van der Waals surface area contributed by atoms with E-state index in [1.165, 1.54) is 0 Å². The maximum absolute atomic E-state index is 11.0. The van der Waals surface area contributed by atoms with Crippen molar-refractivity contribution in [2.45, 2.75) is 39.8 Å². The van der Waals surface area contributed by atoms with Gasteiger partial charge in [0.25, 0.3) is 0 Å². The highest BCUT2D eigenvalue weighted by molar-refractivity contribution is 7.11. The molecular formula is C11H18N2O2S. The first kappa shape index (κ1) is 13.1. The van der Waals surface area contributed by atoms with Crippen molar-refractivity contribution in [3.05, 3.63) is 16.1 Å².